The van der Waals surface area contributed by atoms with Gasteiger partial charge in [-0.05, 0) is 6.42 Å². The summed E-state index contributed by atoms with van der Waals surface area (Å²) in [6.07, 6.45) is 0.857. The molecule has 0 aromatic rings. The highest BCUT2D eigenvalue weighted by molar-refractivity contribution is 5.85. The van der Waals surface area contributed by atoms with Gasteiger partial charge in [-0.1, -0.05) is 0 Å². The lowest BCUT2D eigenvalue weighted by atomic mass is 10.0. The zero-order valence-corrected chi connectivity index (χ0v) is 7.80. The average Bonchev–Trinajstić information content (AvgIpc) is 2.53. The van der Waals surface area contributed by atoms with E-state index in [1.165, 1.54) is 7.11 Å². The minimum atomic E-state index is -0.512. The van der Waals surface area contributed by atoms with Crippen LogP contribution in [-0.2, 0) is 14.3 Å². The van der Waals surface area contributed by atoms with E-state index in [4.69, 9.17) is 10.5 Å². The number of methoxy groups -OCH3 is 1. The molecule has 2 unspecified atom stereocenters. The SMILES string of the molecule is COC(=O)C(N)C1CCOC1.Cl. The Morgan fingerprint density at radius 2 is 2.42 bits per heavy atom. The van der Waals surface area contributed by atoms with Crippen LogP contribution in [0.3, 0.4) is 0 Å². The van der Waals surface area contributed by atoms with Gasteiger partial charge in [-0.2, -0.15) is 0 Å². The first-order valence-electron chi connectivity index (χ1n) is 3.67. The van der Waals surface area contributed by atoms with Gasteiger partial charge in [-0.15, -0.1) is 12.4 Å². The van der Waals surface area contributed by atoms with E-state index in [-0.39, 0.29) is 24.3 Å². The third kappa shape index (κ3) is 2.62. The van der Waals surface area contributed by atoms with Crippen LogP contribution in [-0.4, -0.2) is 32.3 Å². The number of ether oxygens (including phenoxy) is 2. The minimum Gasteiger partial charge on any atom is -0.468 e. The normalized spacial score (nSPS) is 24.3. The van der Waals surface area contributed by atoms with Crippen molar-refractivity contribution >= 4 is 18.4 Å². The zero-order valence-electron chi connectivity index (χ0n) is 6.99. The third-order valence-corrected chi connectivity index (χ3v) is 1.95. The number of carbonyl (C=O) groups excluding carboxylic acids is 1. The molecule has 0 spiro atoms. The monoisotopic (exact) mass is 195 g/mol. The molecule has 1 fully saturated rings. The van der Waals surface area contributed by atoms with E-state index in [1.54, 1.807) is 0 Å². The van der Waals surface area contributed by atoms with Crippen molar-refractivity contribution in [3.8, 4) is 0 Å². The molecule has 1 aliphatic rings. The van der Waals surface area contributed by atoms with Gasteiger partial charge >= 0.3 is 5.97 Å². The van der Waals surface area contributed by atoms with Crippen LogP contribution in [0.2, 0.25) is 0 Å². The van der Waals surface area contributed by atoms with Crippen molar-refractivity contribution in [2.75, 3.05) is 20.3 Å². The number of hydrogen-bond donors (Lipinski definition) is 1. The topological polar surface area (TPSA) is 61.5 Å². The molecular formula is C7H14ClNO3. The molecule has 1 aliphatic heterocycles. The van der Waals surface area contributed by atoms with Crippen LogP contribution in [0.4, 0.5) is 0 Å². The van der Waals surface area contributed by atoms with E-state index in [9.17, 15) is 4.79 Å². The lowest BCUT2D eigenvalue weighted by molar-refractivity contribution is -0.143. The van der Waals surface area contributed by atoms with Crippen molar-refractivity contribution in [3.63, 3.8) is 0 Å². The van der Waals surface area contributed by atoms with Gasteiger partial charge in [0.25, 0.3) is 0 Å². The fourth-order valence-electron chi connectivity index (χ4n) is 1.16. The van der Waals surface area contributed by atoms with Gasteiger partial charge in [-0.3, -0.25) is 4.79 Å². The Morgan fingerprint density at radius 3 is 2.83 bits per heavy atom. The molecule has 0 saturated carbocycles. The van der Waals surface area contributed by atoms with Crippen molar-refractivity contribution in [1.29, 1.82) is 0 Å². The summed E-state index contributed by atoms with van der Waals surface area (Å²) in [6, 6.07) is -0.512. The van der Waals surface area contributed by atoms with Crippen molar-refractivity contribution < 1.29 is 14.3 Å². The summed E-state index contributed by atoms with van der Waals surface area (Å²) < 4.78 is 9.59. The van der Waals surface area contributed by atoms with Crippen LogP contribution in [0.15, 0.2) is 0 Å². The van der Waals surface area contributed by atoms with Crippen LogP contribution in [0, 0.1) is 5.92 Å². The summed E-state index contributed by atoms with van der Waals surface area (Å²) in [5.74, 6) is -0.206. The van der Waals surface area contributed by atoms with E-state index in [1.807, 2.05) is 0 Å². The van der Waals surface area contributed by atoms with Crippen molar-refractivity contribution in [2.24, 2.45) is 11.7 Å². The number of rotatable bonds is 2. The molecule has 2 atom stereocenters. The molecule has 1 saturated heterocycles. The number of esters is 1. The Kier molecular flexibility index (Phi) is 5.20. The van der Waals surface area contributed by atoms with Gasteiger partial charge in [-0.25, -0.2) is 0 Å². The van der Waals surface area contributed by atoms with Gasteiger partial charge in [0.15, 0.2) is 0 Å². The predicted molar refractivity (Wildman–Crippen MR) is 46.2 cm³/mol. The van der Waals surface area contributed by atoms with Crippen molar-refractivity contribution in [2.45, 2.75) is 12.5 Å². The molecule has 12 heavy (non-hydrogen) atoms. The fraction of sp³-hybridized carbons (Fsp3) is 0.857. The summed E-state index contributed by atoms with van der Waals surface area (Å²) in [5.41, 5.74) is 5.58. The number of carbonyl (C=O) groups is 1. The Hall–Kier alpha value is -0.320. The maximum Gasteiger partial charge on any atom is 0.323 e. The number of nitrogens with two attached hydrogens (primary N) is 1. The Bertz CT molecular complexity index is 148. The van der Waals surface area contributed by atoms with Crippen LogP contribution in [0.5, 0.6) is 0 Å². The minimum absolute atomic E-state index is 0. The lowest BCUT2D eigenvalue weighted by Gasteiger charge is -2.13. The molecule has 72 valence electrons. The molecule has 0 aromatic heterocycles. The first-order chi connectivity index (χ1) is 5.25. The number of hydrogen-bond acceptors (Lipinski definition) is 4. The molecule has 5 heteroatoms. The molecular weight excluding hydrogens is 182 g/mol. The molecule has 0 aromatic carbocycles. The fourth-order valence-corrected chi connectivity index (χ4v) is 1.16. The largest absolute Gasteiger partial charge is 0.468 e. The highest BCUT2D eigenvalue weighted by atomic mass is 35.5. The van der Waals surface area contributed by atoms with E-state index < -0.39 is 6.04 Å². The molecule has 4 nitrogen and oxygen atoms in total. The standard InChI is InChI=1S/C7H13NO3.ClH/c1-10-7(9)6(8)5-2-3-11-4-5;/h5-6H,2-4,8H2,1H3;1H. The predicted octanol–water partition coefficient (Wildman–Crippen LogP) is -0.0550. The molecule has 0 aliphatic carbocycles. The molecule has 0 bridgehead atoms. The van der Waals surface area contributed by atoms with Gasteiger partial charge in [0, 0.05) is 12.5 Å². The second-order valence-corrected chi connectivity index (χ2v) is 2.67. The van der Waals surface area contributed by atoms with Crippen LogP contribution in [0.25, 0.3) is 0 Å². The van der Waals surface area contributed by atoms with Crippen molar-refractivity contribution in [3.05, 3.63) is 0 Å². The van der Waals surface area contributed by atoms with E-state index in [0.29, 0.717) is 13.2 Å². The van der Waals surface area contributed by atoms with E-state index in [2.05, 4.69) is 4.74 Å². The maximum absolute atomic E-state index is 10.9. The summed E-state index contributed by atoms with van der Waals surface area (Å²) in [6.45, 7) is 1.28. The second-order valence-electron chi connectivity index (χ2n) is 2.67. The number of halogens is 1. The Morgan fingerprint density at radius 1 is 1.75 bits per heavy atom. The molecule has 1 rings (SSSR count). The molecule has 2 N–H and O–H groups in total. The van der Waals surface area contributed by atoms with E-state index >= 15 is 0 Å². The summed E-state index contributed by atoms with van der Waals surface area (Å²) in [4.78, 5) is 10.9. The van der Waals surface area contributed by atoms with E-state index in [0.717, 1.165) is 6.42 Å². The summed E-state index contributed by atoms with van der Waals surface area (Å²) in [7, 11) is 1.35. The first-order valence-corrected chi connectivity index (χ1v) is 3.67. The highest BCUT2D eigenvalue weighted by Gasteiger charge is 2.28. The maximum atomic E-state index is 10.9. The summed E-state index contributed by atoms with van der Waals surface area (Å²) >= 11 is 0. The lowest BCUT2D eigenvalue weighted by Crippen LogP contribution is -2.39. The average molecular weight is 196 g/mol. The van der Waals surface area contributed by atoms with Crippen LogP contribution < -0.4 is 5.73 Å². The van der Waals surface area contributed by atoms with Gasteiger partial charge in [0.1, 0.15) is 6.04 Å². The Balaban J connectivity index is 0.00000121. The smallest absolute Gasteiger partial charge is 0.323 e. The molecule has 1 heterocycles. The quantitative estimate of drug-likeness (QED) is 0.628. The van der Waals surface area contributed by atoms with Gasteiger partial charge in [0.05, 0.1) is 13.7 Å². The highest BCUT2D eigenvalue weighted by Crippen LogP contribution is 2.15. The first kappa shape index (κ1) is 11.7. The van der Waals surface area contributed by atoms with Crippen molar-refractivity contribution in [1.82, 2.24) is 0 Å². The molecule has 0 amide bonds. The Labute approximate surface area is 77.8 Å². The second kappa shape index (κ2) is 5.35. The van der Waals surface area contributed by atoms with Crippen LogP contribution in [0.1, 0.15) is 6.42 Å². The molecule has 0 radical (unpaired) electrons. The van der Waals surface area contributed by atoms with Gasteiger partial charge < -0.3 is 15.2 Å². The zero-order chi connectivity index (χ0) is 8.27. The third-order valence-electron chi connectivity index (χ3n) is 1.95. The van der Waals surface area contributed by atoms with Crippen LogP contribution >= 0.6 is 12.4 Å². The van der Waals surface area contributed by atoms with Gasteiger partial charge in [0.2, 0.25) is 0 Å². The summed E-state index contributed by atoms with van der Waals surface area (Å²) in [5, 5.41) is 0.